The molecule has 21 heavy (non-hydrogen) atoms. The van der Waals surface area contributed by atoms with Gasteiger partial charge in [0.05, 0.1) is 16.5 Å². The Balaban J connectivity index is 0.00000220. The van der Waals surface area contributed by atoms with Crippen molar-refractivity contribution in [1.29, 1.82) is 5.26 Å². The van der Waals surface area contributed by atoms with Crippen molar-refractivity contribution in [2.45, 2.75) is 37.1 Å². The highest BCUT2D eigenvalue weighted by Crippen LogP contribution is 2.39. The zero-order valence-corrected chi connectivity index (χ0v) is 13.7. The summed E-state index contributed by atoms with van der Waals surface area (Å²) in [6.45, 7) is 3.81. The summed E-state index contributed by atoms with van der Waals surface area (Å²) < 4.78 is 27.8. The molecular formula is C14H20ClN3O2S. The van der Waals surface area contributed by atoms with Crippen molar-refractivity contribution >= 4 is 22.4 Å². The Morgan fingerprint density at radius 3 is 2.57 bits per heavy atom. The molecule has 1 aromatic rings. The molecule has 1 aliphatic carbocycles. The van der Waals surface area contributed by atoms with Crippen LogP contribution in [-0.2, 0) is 10.0 Å². The third kappa shape index (κ3) is 3.74. The van der Waals surface area contributed by atoms with Crippen LogP contribution in [0.4, 0.5) is 0 Å². The minimum absolute atomic E-state index is 0. The fourth-order valence-electron chi connectivity index (χ4n) is 2.33. The van der Waals surface area contributed by atoms with Crippen LogP contribution in [-0.4, -0.2) is 20.5 Å². The molecule has 1 atom stereocenters. The molecule has 3 N–H and O–H groups in total. The molecule has 5 nitrogen and oxygen atoms in total. The minimum atomic E-state index is -3.68. The summed E-state index contributed by atoms with van der Waals surface area (Å²) in [5.41, 5.74) is 6.08. The van der Waals surface area contributed by atoms with E-state index in [0.717, 1.165) is 12.8 Å². The second-order valence-electron chi connectivity index (χ2n) is 5.59. The fourth-order valence-corrected chi connectivity index (χ4v) is 4.08. The van der Waals surface area contributed by atoms with Crippen LogP contribution in [0, 0.1) is 24.2 Å². The maximum Gasteiger partial charge on any atom is 0.241 e. The maximum absolute atomic E-state index is 12.6. The fraction of sp³-hybridized carbons (Fsp3) is 0.500. The normalized spacial score (nSPS) is 17.4. The predicted molar refractivity (Wildman–Crippen MR) is 83.6 cm³/mol. The van der Waals surface area contributed by atoms with Crippen molar-refractivity contribution in [2.75, 3.05) is 6.54 Å². The Hall–Kier alpha value is -1.13. The van der Waals surface area contributed by atoms with Crippen LogP contribution in [0.15, 0.2) is 23.1 Å². The maximum atomic E-state index is 12.6. The van der Waals surface area contributed by atoms with Gasteiger partial charge in [-0.25, -0.2) is 13.1 Å². The molecule has 1 aromatic carbocycles. The van der Waals surface area contributed by atoms with Crippen molar-refractivity contribution in [3.63, 3.8) is 0 Å². The quantitative estimate of drug-likeness (QED) is 0.859. The number of sulfonamides is 1. The first-order valence-corrected chi connectivity index (χ1v) is 8.05. The van der Waals surface area contributed by atoms with Gasteiger partial charge >= 0.3 is 0 Å². The van der Waals surface area contributed by atoms with E-state index in [4.69, 9.17) is 11.0 Å². The monoisotopic (exact) mass is 329 g/mol. The van der Waals surface area contributed by atoms with E-state index in [2.05, 4.69) is 4.72 Å². The third-order valence-electron chi connectivity index (χ3n) is 3.88. The zero-order valence-electron chi connectivity index (χ0n) is 12.1. The SMILES string of the molecule is Cc1ccc(C#N)cc1S(=O)(=O)NC(C)(CN)C1CC1.Cl. The molecule has 0 bridgehead atoms. The molecule has 1 unspecified atom stereocenters. The zero-order chi connectivity index (χ0) is 15.0. The smallest absolute Gasteiger partial charge is 0.241 e. The number of nitrogens with zero attached hydrogens (tertiary/aromatic N) is 1. The molecule has 1 aliphatic rings. The first-order valence-electron chi connectivity index (χ1n) is 6.57. The summed E-state index contributed by atoms with van der Waals surface area (Å²) >= 11 is 0. The van der Waals surface area contributed by atoms with Gasteiger partial charge in [0.15, 0.2) is 0 Å². The lowest BCUT2D eigenvalue weighted by Crippen LogP contribution is -2.53. The number of nitriles is 1. The van der Waals surface area contributed by atoms with Gasteiger partial charge in [0.2, 0.25) is 10.0 Å². The predicted octanol–water partition coefficient (Wildman–Crippen LogP) is 1.69. The summed E-state index contributed by atoms with van der Waals surface area (Å²) in [7, 11) is -3.68. The van der Waals surface area contributed by atoms with E-state index in [-0.39, 0.29) is 23.8 Å². The topological polar surface area (TPSA) is 96.0 Å². The number of nitrogens with one attached hydrogen (secondary N) is 1. The van der Waals surface area contributed by atoms with E-state index in [1.165, 1.54) is 6.07 Å². The Bertz CT molecular complexity index is 665. The van der Waals surface area contributed by atoms with Gasteiger partial charge in [0.25, 0.3) is 0 Å². The Labute approximate surface area is 132 Å². The molecule has 0 saturated heterocycles. The van der Waals surface area contributed by atoms with Crippen LogP contribution in [0.1, 0.15) is 30.9 Å². The number of nitrogens with two attached hydrogens (primary N) is 1. The number of hydrogen-bond acceptors (Lipinski definition) is 4. The molecule has 2 rings (SSSR count). The molecular weight excluding hydrogens is 310 g/mol. The van der Waals surface area contributed by atoms with Gasteiger partial charge in [0, 0.05) is 12.1 Å². The van der Waals surface area contributed by atoms with Crippen molar-refractivity contribution < 1.29 is 8.42 Å². The Morgan fingerprint density at radius 2 is 2.10 bits per heavy atom. The first kappa shape index (κ1) is 17.9. The largest absolute Gasteiger partial charge is 0.329 e. The van der Waals surface area contributed by atoms with E-state index in [1.54, 1.807) is 19.1 Å². The third-order valence-corrected chi connectivity index (χ3v) is 5.63. The molecule has 0 spiro atoms. The molecule has 7 heteroatoms. The van der Waals surface area contributed by atoms with Crippen LogP contribution in [0.25, 0.3) is 0 Å². The second-order valence-corrected chi connectivity index (χ2v) is 7.24. The molecule has 0 radical (unpaired) electrons. The molecule has 1 fully saturated rings. The lowest BCUT2D eigenvalue weighted by molar-refractivity contribution is 0.374. The van der Waals surface area contributed by atoms with Gasteiger partial charge in [-0.3, -0.25) is 0 Å². The Kier molecular flexibility index (Phi) is 5.40. The average Bonchev–Trinajstić information content (AvgIpc) is 3.23. The van der Waals surface area contributed by atoms with Crippen LogP contribution < -0.4 is 10.5 Å². The minimum Gasteiger partial charge on any atom is -0.329 e. The van der Waals surface area contributed by atoms with Crippen LogP contribution >= 0.6 is 12.4 Å². The molecule has 0 amide bonds. The highest BCUT2D eigenvalue weighted by molar-refractivity contribution is 7.89. The van der Waals surface area contributed by atoms with Gasteiger partial charge in [-0.1, -0.05) is 6.07 Å². The van der Waals surface area contributed by atoms with E-state index < -0.39 is 15.6 Å². The van der Waals surface area contributed by atoms with Crippen LogP contribution in [0.3, 0.4) is 0 Å². The van der Waals surface area contributed by atoms with E-state index in [1.807, 2.05) is 13.0 Å². The number of hydrogen-bond donors (Lipinski definition) is 2. The summed E-state index contributed by atoms with van der Waals surface area (Å²) in [5.74, 6) is 0.293. The number of halogens is 1. The summed E-state index contributed by atoms with van der Waals surface area (Å²) in [4.78, 5) is 0.150. The highest BCUT2D eigenvalue weighted by atomic mass is 35.5. The first-order chi connectivity index (χ1) is 9.32. The van der Waals surface area contributed by atoms with Crippen molar-refractivity contribution in [1.82, 2.24) is 4.72 Å². The number of rotatable bonds is 5. The molecule has 0 aliphatic heterocycles. The second kappa shape index (κ2) is 6.32. The summed E-state index contributed by atoms with van der Waals surface area (Å²) in [6, 6.07) is 6.62. The highest BCUT2D eigenvalue weighted by Gasteiger charge is 2.43. The van der Waals surface area contributed by atoms with Gasteiger partial charge < -0.3 is 5.73 Å². The van der Waals surface area contributed by atoms with E-state index in [9.17, 15) is 8.42 Å². The molecule has 0 aromatic heterocycles. The van der Waals surface area contributed by atoms with Gasteiger partial charge in [-0.05, 0) is 50.3 Å². The lowest BCUT2D eigenvalue weighted by Gasteiger charge is -2.29. The van der Waals surface area contributed by atoms with Crippen LogP contribution in [0.2, 0.25) is 0 Å². The summed E-state index contributed by atoms with van der Waals surface area (Å²) in [5, 5.41) is 8.91. The molecule has 0 heterocycles. The summed E-state index contributed by atoms with van der Waals surface area (Å²) in [6.07, 6.45) is 1.99. The van der Waals surface area contributed by atoms with Crippen LogP contribution in [0.5, 0.6) is 0 Å². The van der Waals surface area contributed by atoms with Gasteiger partial charge in [-0.2, -0.15) is 5.26 Å². The van der Waals surface area contributed by atoms with Crippen molar-refractivity contribution in [3.05, 3.63) is 29.3 Å². The number of benzene rings is 1. The molecule has 1 saturated carbocycles. The standard InChI is InChI=1S/C14H19N3O2S.ClH/c1-10-3-4-11(8-15)7-13(10)20(18,19)17-14(2,9-16)12-5-6-12;/h3-4,7,12,17H,5-6,9,16H2,1-2H3;1H. The van der Waals surface area contributed by atoms with Gasteiger partial charge in [0.1, 0.15) is 0 Å². The van der Waals surface area contributed by atoms with E-state index in [0.29, 0.717) is 17.0 Å². The van der Waals surface area contributed by atoms with Crippen molar-refractivity contribution in [3.8, 4) is 6.07 Å². The molecule has 116 valence electrons. The number of aryl methyl sites for hydroxylation is 1. The Morgan fingerprint density at radius 1 is 1.48 bits per heavy atom. The lowest BCUT2D eigenvalue weighted by atomic mass is 9.98. The van der Waals surface area contributed by atoms with E-state index >= 15 is 0 Å². The average molecular weight is 330 g/mol. The van der Waals surface area contributed by atoms with Gasteiger partial charge in [-0.15, -0.1) is 12.4 Å². The van der Waals surface area contributed by atoms with Crippen molar-refractivity contribution in [2.24, 2.45) is 11.7 Å².